The Balaban J connectivity index is 0.000000108. The number of aromatic hydroxyl groups is 3. The van der Waals surface area contributed by atoms with Crippen LogP contribution in [-0.2, 0) is 0 Å². The number of nitrogens with one attached hydrogen (secondary N) is 6. The van der Waals surface area contributed by atoms with Crippen molar-refractivity contribution in [1.82, 2.24) is 30.9 Å². The highest BCUT2D eigenvalue weighted by Gasteiger charge is 2.36. The molecular weight excluding hydrogens is 949 g/mol. The van der Waals surface area contributed by atoms with E-state index in [1.165, 1.54) is 0 Å². The van der Waals surface area contributed by atoms with Crippen LogP contribution in [0.5, 0.6) is 17.2 Å². The largest absolute Gasteiger partial charge is 0.508 e. The molecule has 360 valence electrons. The summed E-state index contributed by atoms with van der Waals surface area (Å²) in [6, 6.07) is 49.0. The summed E-state index contributed by atoms with van der Waals surface area (Å²) in [4.78, 5) is 84.7. The molecule has 12 aromatic rings. The van der Waals surface area contributed by atoms with E-state index in [9.17, 15) is 44.1 Å². The Morgan fingerprint density at radius 3 is 0.787 bits per heavy atom. The lowest BCUT2D eigenvalue weighted by atomic mass is 9.93. The predicted octanol–water partition coefficient (Wildman–Crippen LogP) is 10.7. The van der Waals surface area contributed by atoms with Gasteiger partial charge in [0.1, 0.15) is 17.2 Å². The quantitative estimate of drug-likeness (QED) is 0.0763. The molecule has 0 spiro atoms. The summed E-state index contributed by atoms with van der Waals surface area (Å²) in [5.74, 6) is -2.08. The minimum absolute atomic E-state index is 0.110. The zero-order valence-corrected chi connectivity index (χ0v) is 38.9. The average molecular weight is 985 g/mol. The number of carbonyl (C=O) groups is 6. The number of phenols is 3. The van der Waals surface area contributed by atoms with Crippen molar-refractivity contribution in [2.45, 2.75) is 0 Å². The third-order valence-electron chi connectivity index (χ3n) is 13.9. The number of H-pyrrole nitrogens is 3. The number of hydrogen-bond donors (Lipinski definition) is 9. The van der Waals surface area contributed by atoms with Gasteiger partial charge < -0.3 is 30.3 Å². The smallest absolute Gasteiger partial charge is 0.259 e. The minimum Gasteiger partial charge on any atom is -0.508 e. The molecule has 15 nitrogen and oxygen atoms in total. The second-order valence-electron chi connectivity index (χ2n) is 18.3. The number of aromatic amines is 3. The van der Waals surface area contributed by atoms with Crippen LogP contribution in [0, 0.1) is 0 Å². The lowest BCUT2D eigenvalue weighted by Gasteiger charge is -2.08. The van der Waals surface area contributed by atoms with E-state index in [1.54, 1.807) is 54.6 Å². The van der Waals surface area contributed by atoms with Crippen molar-refractivity contribution in [3.05, 3.63) is 197 Å². The lowest BCUT2D eigenvalue weighted by molar-refractivity contribution is 0.0863. The van der Waals surface area contributed by atoms with Gasteiger partial charge in [-0.25, -0.2) is 0 Å². The number of aromatic nitrogens is 3. The first-order valence-corrected chi connectivity index (χ1v) is 23.6. The zero-order valence-electron chi connectivity index (χ0n) is 38.9. The standard InChI is InChI=1S/3C20H12N2O3/c3*23-11-6-7-14-13(8-11)16-15(21-14)9-12(10-4-2-1-3-5-10)17-18(16)20(25)22-19(17)24/h3*1-9,21,23H,(H,22,24,25). The van der Waals surface area contributed by atoms with Gasteiger partial charge in [-0.2, -0.15) is 0 Å². The molecule has 6 amide bonds. The summed E-state index contributed by atoms with van der Waals surface area (Å²) in [6.45, 7) is 0. The average Bonchev–Trinajstić information content (AvgIpc) is 4.26. The Bertz CT molecular complexity index is 4080. The summed E-state index contributed by atoms with van der Waals surface area (Å²) in [5, 5.41) is 40.8. The fraction of sp³-hybridized carbons (Fsp3) is 0. The Morgan fingerprint density at radius 1 is 0.267 bits per heavy atom. The molecule has 0 fully saturated rings. The first-order valence-electron chi connectivity index (χ1n) is 23.6. The molecule has 0 radical (unpaired) electrons. The van der Waals surface area contributed by atoms with Crippen molar-refractivity contribution < 1.29 is 44.1 Å². The van der Waals surface area contributed by atoms with Crippen LogP contribution < -0.4 is 16.0 Å². The molecular formula is C60H36N6O9. The van der Waals surface area contributed by atoms with Gasteiger partial charge in [-0.15, -0.1) is 0 Å². The SMILES string of the molecule is O=C1NC(=O)c2c1c(-c1ccccc1)cc1[nH]c3ccc(O)cc3c21.O=C1NC(=O)c2c1c(-c1ccccc1)cc1[nH]c3ccc(O)cc3c21.O=C1NC(=O)c2c1c(-c1ccccc1)cc1[nH]c3ccc(O)cc3c21. The second kappa shape index (κ2) is 16.6. The van der Waals surface area contributed by atoms with Crippen LogP contribution in [0.2, 0.25) is 0 Å². The fourth-order valence-corrected chi connectivity index (χ4v) is 10.8. The number of fused-ring (bicyclic) bond motifs is 15. The topological polar surface area (TPSA) is 247 Å². The molecule has 75 heavy (non-hydrogen) atoms. The van der Waals surface area contributed by atoms with E-state index in [0.29, 0.717) is 66.2 Å². The predicted molar refractivity (Wildman–Crippen MR) is 284 cm³/mol. The molecule has 0 aliphatic carbocycles. The maximum atomic E-state index is 12.5. The molecule has 0 bridgehead atoms. The van der Waals surface area contributed by atoms with E-state index in [1.807, 2.05) is 109 Å². The van der Waals surface area contributed by atoms with Gasteiger partial charge in [0, 0.05) is 65.4 Å². The van der Waals surface area contributed by atoms with E-state index in [0.717, 1.165) is 65.9 Å². The van der Waals surface area contributed by atoms with Crippen LogP contribution in [0.1, 0.15) is 62.1 Å². The molecule has 0 saturated heterocycles. The Morgan fingerprint density at radius 2 is 0.520 bits per heavy atom. The van der Waals surface area contributed by atoms with Crippen LogP contribution in [0.15, 0.2) is 164 Å². The van der Waals surface area contributed by atoms with Crippen molar-refractivity contribution in [3.8, 4) is 50.6 Å². The van der Waals surface area contributed by atoms with Crippen LogP contribution in [-0.4, -0.2) is 65.7 Å². The van der Waals surface area contributed by atoms with Crippen LogP contribution >= 0.6 is 0 Å². The Kier molecular flexibility index (Phi) is 9.80. The molecule has 9 N–H and O–H groups in total. The molecule has 9 aromatic carbocycles. The third-order valence-corrected chi connectivity index (χ3v) is 13.9. The third kappa shape index (κ3) is 6.98. The summed E-state index contributed by atoms with van der Waals surface area (Å²) < 4.78 is 0. The van der Waals surface area contributed by atoms with Gasteiger partial charge in [0.15, 0.2) is 0 Å². The van der Waals surface area contributed by atoms with Crippen molar-refractivity contribution in [2.24, 2.45) is 0 Å². The zero-order chi connectivity index (χ0) is 51.4. The first kappa shape index (κ1) is 44.2. The summed E-state index contributed by atoms with van der Waals surface area (Å²) in [6.07, 6.45) is 0. The number of carbonyl (C=O) groups excluding carboxylic acids is 6. The van der Waals surface area contributed by atoms with Crippen LogP contribution in [0.4, 0.5) is 0 Å². The van der Waals surface area contributed by atoms with Crippen LogP contribution in [0.3, 0.4) is 0 Å². The summed E-state index contributed by atoms with van der Waals surface area (Å²) in [7, 11) is 0. The highest BCUT2D eigenvalue weighted by molar-refractivity contribution is 6.35. The number of amides is 6. The Labute approximate surface area is 422 Å². The molecule has 3 aliphatic heterocycles. The van der Waals surface area contributed by atoms with E-state index in [-0.39, 0.29) is 17.2 Å². The lowest BCUT2D eigenvalue weighted by Crippen LogP contribution is -2.20. The first-order chi connectivity index (χ1) is 36.4. The van der Waals surface area contributed by atoms with Crippen molar-refractivity contribution in [2.75, 3.05) is 0 Å². The summed E-state index contributed by atoms with van der Waals surface area (Å²) in [5.41, 5.74) is 11.6. The maximum absolute atomic E-state index is 12.5. The van der Waals surface area contributed by atoms with Gasteiger partial charge in [0.2, 0.25) is 0 Å². The number of benzene rings is 9. The van der Waals surface area contributed by atoms with E-state index in [4.69, 9.17) is 0 Å². The highest BCUT2D eigenvalue weighted by atomic mass is 16.3. The monoisotopic (exact) mass is 984 g/mol. The maximum Gasteiger partial charge on any atom is 0.259 e. The molecule has 15 heteroatoms. The van der Waals surface area contributed by atoms with Crippen molar-refractivity contribution in [1.29, 1.82) is 0 Å². The molecule has 0 atom stereocenters. The van der Waals surface area contributed by atoms with Crippen LogP contribution in [0.25, 0.3) is 98.8 Å². The fourth-order valence-electron chi connectivity index (χ4n) is 10.8. The van der Waals surface area contributed by atoms with E-state index < -0.39 is 35.4 Å². The molecule has 0 unspecified atom stereocenters. The number of imide groups is 3. The number of phenolic OH excluding ortho intramolecular Hbond substituents is 3. The van der Waals surface area contributed by atoms with Gasteiger partial charge >= 0.3 is 0 Å². The summed E-state index contributed by atoms with van der Waals surface area (Å²) >= 11 is 0. The Hall–Kier alpha value is -10.8. The second-order valence-corrected chi connectivity index (χ2v) is 18.3. The molecule has 0 saturated carbocycles. The number of rotatable bonds is 3. The molecule has 3 aromatic heterocycles. The van der Waals surface area contributed by atoms with E-state index >= 15 is 0 Å². The van der Waals surface area contributed by atoms with Gasteiger partial charge in [0.25, 0.3) is 35.4 Å². The molecule has 15 rings (SSSR count). The molecule has 3 aliphatic rings. The van der Waals surface area contributed by atoms with Gasteiger partial charge in [-0.1, -0.05) is 91.0 Å². The van der Waals surface area contributed by atoms with Gasteiger partial charge in [-0.3, -0.25) is 44.7 Å². The van der Waals surface area contributed by atoms with E-state index in [2.05, 4.69) is 30.9 Å². The minimum atomic E-state index is -0.410. The van der Waals surface area contributed by atoms with Gasteiger partial charge in [0.05, 0.1) is 33.4 Å². The van der Waals surface area contributed by atoms with Crippen molar-refractivity contribution in [3.63, 3.8) is 0 Å². The van der Waals surface area contributed by atoms with Gasteiger partial charge in [-0.05, 0) is 106 Å². The number of hydrogen-bond acceptors (Lipinski definition) is 9. The van der Waals surface area contributed by atoms with Crippen molar-refractivity contribution >= 4 is 101 Å². The molecule has 6 heterocycles. The highest BCUT2D eigenvalue weighted by Crippen LogP contribution is 2.43. The normalized spacial score (nSPS) is 13.4.